The predicted octanol–water partition coefficient (Wildman–Crippen LogP) is 2.56. The van der Waals surface area contributed by atoms with E-state index in [0.717, 1.165) is 0 Å². The third-order valence-corrected chi connectivity index (χ3v) is 2.11. The fraction of sp³-hybridized carbons (Fsp3) is 0.167. The van der Waals surface area contributed by atoms with E-state index in [4.69, 9.17) is 11.6 Å². The zero-order valence-electron chi connectivity index (χ0n) is 4.94. The second kappa shape index (κ2) is 3.48. The van der Waals surface area contributed by atoms with Crippen LogP contribution in [0, 0.1) is 9.52 Å². The van der Waals surface area contributed by atoms with Gasteiger partial charge < -0.3 is 0 Å². The molecule has 1 aromatic rings. The van der Waals surface area contributed by atoms with Crippen molar-refractivity contribution in [2.45, 2.75) is 5.88 Å². The third kappa shape index (κ3) is 1.58. The van der Waals surface area contributed by atoms with E-state index in [1.807, 2.05) is 22.6 Å². The van der Waals surface area contributed by atoms with Gasteiger partial charge in [-0.15, -0.1) is 11.6 Å². The van der Waals surface area contributed by atoms with Gasteiger partial charge in [0, 0.05) is 11.8 Å². The Bertz CT molecular complexity index is 241. The summed E-state index contributed by atoms with van der Waals surface area (Å²) in [7, 11) is 0. The molecule has 0 saturated heterocycles. The topological polar surface area (TPSA) is 12.9 Å². The first-order valence-corrected chi connectivity index (χ1v) is 4.22. The molecule has 0 bridgehead atoms. The molecule has 0 aliphatic heterocycles. The fourth-order valence-corrected chi connectivity index (χ4v) is 1.27. The van der Waals surface area contributed by atoms with Crippen molar-refractivity contribution in [2.75, 3.05) is 0 Å². The molecular formula is C6H4ClFIN. The van der Waals surface area contributed by atoms with Crippen LogP contribution >= 0.6 is 34.2 Å². The van der Waals surface area contributed by atoms with Crippen molar-refractivity contribution in [1.82, 2.24) is 4.98 Å². The van der Waals surface area contributed by atoms with Crippen molar-refractivity contribution in [1.29, 1.82) is 0 Å². The number of rotatable bonds is 1. The van der Waals surface area contributed by atoms with Gasteiger partial charge in [-0.2, -0.15) is 0 Å². The minimum atomic E-state index is -0.307. The highest BCUT2D eigenvalue weighted by molar-refractivity contribution is 14.1. The Kier molecular flexibility index (Phi) is 2.85. The van der Waals surface area contributed by atoms with Crippen LogP contribution in [0.25, 0.3) is 0 Å². The number of hydrogen-bond acceptors (Lipinski definition) is 1. The maximum absolute atomic E-state index is 12.8. The Balaban J connectivity index is 3.14. The molecule has 0 aromatic carbocycles. The van der Waals surface area contributed by atoms with E-state index in [0.29, 0.717) is 9.26 Å². The van der Waals surface area contributed by atoms with Gasteiger partial charge in [-0.1, -0.05) is 0 Å². The van der Waals surface area contributed by atoms with Crippen molar-refractivity contribution < 1.29 is 4.39 Å². The Morgan fingerprint density at radius 3 is 2.90 bits per heavy atom. The molecule has 0 saturated carbocycles. The zero-order valence-corrected chi connectivity index (χ0v) is 7.86. The number of halogens is 3. The molecule has 0 unspecified atom stereocenters. The number of alkyl halides is 1. The lowest BCUT2D eigenvalue weighted by Gasteiger charge is -1.97. The van der Waals surface area contributed by atoms with E-state index in [2.05, 4.69) is 4.98 Å². The molecule has 1 heterocycles. The summed E-state index contributed by atoms with van der Waals surface area (Å²) in [5.41, 5.74) is 0.501. The van der Waals surface area contributed by atoms with Crippen LogP contribution in [-0.4, -0.2) is 4.98 Å². The molecule has 1 rings (SSSR count). The molecule has 1 aromatic heterocycles. The lowest BCUT2D eigenvalue weighted by atomic mass is 10.3. The quantitative estimate of drug-likeness (QED) is 0.435. The van der Waals surface area contributed by atoms with Crippen molar-refractivity contribution >= 4 is 34.2 Å². The smallest absolute Gasteiger partial charge is 0.159 e. The normalized spacial score (nSPS) is 9.90. The monoisotopic (exact) mass is 271 g/mol. The van der Waals surface area contributed by atoms with Crippen molar-refractivity contribution in [2.24, 2.45) is 0 Å². The molecule has 0 fully saturated rings. The summed E-state index contributed by atoms with van der Waals surface area (Å²) in [5.74, 6) is -0.109. The van der Waals surface area contributed by atoms with Crippen LogP contribution in [0.5, 0.6) is 0 Å². The minimum absolute atomic E-state index is 0.199. The molecule has 4 heteroatoms. The molecule has 0 N–H and O–H groups in total. The second-order valence-electron chi connectivity index (χ2n) is 1.71. The average molecular weight is 271 g/mol. The van der Waals surface area contributed by atoms with E-state index in [1.165, 1.54) is 0 Å². The Hall–Kier alpha value is 0.100. The maximum atomic E-state index is 12.8. The average Bonchev–Trinajstić information content (AvgIpc) is 1.95. The summed E-state index contributed by atoms with van der Waals surface area (Å²) in [6.45, 7) is 0. The number of aromatic nitrogens is 1. The lowest BCUT2D eigenvalue weighted by Crippen LogP contribution is -1.92. The first kappa shape index (κ1) is 8.20. The van der Waals surface area contributed by atoms with Gasteiger partial charge in [0.05, 0.1) is 5.88 Å². The number of nitrogens with zero attached hydrogens (tertiary/aromatic N) is 1. The highest BCUT2D eigenvalue weighted by Crippen LogP contribution is 2.13. The van der Waals surface area contributed by atoms with E-state index in [1.54, 1.807) is 12.3 Å². The van der Waals surface area contributed by atoms with Gasteiger partial charge in [-0.25, -0.2) is 9.37 Å². The van der Waals surface area contributed by atoms with Crippen molar-refractivity contribution in [3.05, 3.63) is 27.3 Å². The standard InChI is InChI=1S/C6H4ClFIN/c7-3-4-1-2-10-6(9)5(4)8/h1-2H,3H2. The second-order valence-corrected chi connectivity index (χ2v) is 3.00. The fourth-order valence-electron chi connectivity index (χ4n) is 0.558. The highest BCUT2D eigenvalue weighted by atomic mass is 127. The van der Waals surface area contributed by atoms with Gasteiger partial charge in [0.15, 0.2) is 5.82 Å². The highest BCUT2D eigenvalue weighted by Gasteiger charge is 2.03. The largest absolute Gasteiger partial charge is 0.247 e. The van der Waals surface area contributed by atoms with Crippen LogP contribution in [0.2, 0.25) is 0 Å². The van der Waals surface area contributed by atoms with Gasteiger partial charge in [-0.3, -0.25) is 0 Å². The van der Waals surface area contributed by atoms with Crippen LogP contribution in [0.4, 0.5) is 4.39 Å². The molecule has 0 aliphatic carbocycles. The molecule has 1 nitrogen and oxygen atoms in total. The summed E-state index contributed by atoms with van der Waals surface area (Å²) in [4.78, 5) is 3.74. The Morgan fingerprint density at radius 2 is 2.40 bits per heavy atom. The third-order valence-electron chi connectivity index (χ3n) is 1.07. The molecule has 0 atom stereocenters. The summed E-state index contributed by atoms with van der Waals surface area (Å²) < 4.78 is 13.2. The predicted molar refractivity (Wildman–Crippen MR) is 46.5 cm³/mol. The summed E-state index contributed by atoms with van der Waals surface area (Å²) in [5, 5.41) is 0. The van der Waals surface area contributed by atoms with E-state index in [9.17, 15) is 4.39 Å². The van der Waals surface area contributed by atoms with E-state index < -0.39 is 0 Å². The maximum Gasteiger partial charge on any atom is 0.159 e. The van der Waals surface area contributed by atoms with Crippen LogP contribution < -0.4 is 0 Å². The van der Waals surface area contributed by atoms with Crippen molar-refractivity contribution in [3.63, 3.8) is 0 Å². The first-order chi connectivity index (χ1) is 4.75. The van der Waals surface area contributed by atoms with Crippen LogP contribution in [0.1, 0.15) is 5.56 Å². The molecule has 0 spiro atoms. The van der Waals surface area contributed by atoms with E-state index in [-0.39, 0.29) is 11.7 Å². The zero-order chi connectivity index (χ0) is 7.56. The summed E-state index contributed by atoms with van der Waals surface area (Å²) in [6.07, 6.45) is 1.54. The van der Waals surface area contributed by atoms with Gasteiger partial charge in [0.1, 0.15) is 3.70 Å². The van der Waals surface area contributed by atoms with Crippen LogP contribution in [-0.2, 0) is 5.88 Å². The number of pyridine rings is 1. The van der Waals surface area contributed by atoms with Crippen LogP contribution in [0.15, 0.2) is 12.3 Å². The van der Waals surface area contributed by atoms with Gasteiger partial charge in [0.25, 0.3) is 0 Å². The van der Waals surface area contributed by atoms with Crippen molar-refractivity contribution in [3.8, 4) is 0 Å². The Morgan fingerprint density at radius 1 is 1.70 bits per heavy atom. The van der Waals surface area contributed by atoms with E-state index >= 15 is 0 Å². The Labute approximate surface area is 76.7 Å². The molecule has 0 aliphatic rings. The van der Waals surface area contributed by atoms with Gasteiger partial charge >= 0.3 is 0 Å². The molecule has 0 amide bonds. The molecule has 10 heavy (non-hydrogen) atoms. The molecule has 0 radical (unpaired) electrons. The molecular weight excluding hydrogens is 267 g/mol. The molecule has 54 valence electrons. The summed E-state index contributed by atoms with van der Waals surface area (Å²) in [6, 6.07) is 1.57. The van der Waals surface area contributed by atoms with Gasteiger partial charge in [-0.05, 0) is 28.7 Å². The minimum Gasteiger partial charge on any atom is -0.247 e. The van der Waals surface area contributed by atoms with Crippen LogP contribution in [0.3, 0.4) is 0 Å². The lowest BCUT2D eigenvalue weighted by molar-refractivity contribution is 0.601. The SMILES string of the molecule is Fc1c(CCl)ccnc1I. The summed E-state index contributed by atoms with van der Waals surface area (Å²) >= 11 is 7.26. The number of hydrogen-bond donors (Lipinski definition) is 0. The first-order valence-electron chi connectivity index (χ1n) is 2.60. The van der Waals surface area contributed by atoms with Gasteiger partial charge in [0.2, 0.25) is 0 Å².